The first-order valence-electron chi connectivity index (χ1n) is 22.7. The molecule has 1 nitrogen and oxygen atoms in total. The number of pyridine rings is 1. The number of rotatable bonds is 7. The molecule has 8 rings (SSSR count). The number of thiol groups is 1. The van der Waals surface area contributed by atoms with Crippen LogP contribution in [0, 0.1) is 0 Å². The van der Waals surface area contributed by atoms with Gasteiger partial charge in [0, 0.05) is 16.5 Å². The number of hydrogen-bond donors (Lipinski definition) is 1. The minimum Gasteiger partial charge on any atom is -0.194 e. The fraction of sp³-hybridized carbons (Fsp3) is 0.167. The Morgan fingerprint density at radius 2 is 0.605 bits per heavy atom. The number of alkyl halides is 24. The monoisotopic (exact) mass is 1190 g/mol. The van der Waals surface area contributed by atoms with Crippen LogP contribution in [0.5, 0.6) is 0 Å². The molecule has 1 heterocycles. The van der Waals surface area contributed by atoms with Crippen LogP contribution >= 0.6 is 12.6 Å². The molecule has 0 radical (unpaired) electrons. The fourth-order valence-electron chi connectivity index (χ4n) is 9.21. The largest absolute Gasteiger partial charge is 0.416 e. The van der Waals surface area contributed by atoms with Gasteiger partial charge in [-0.15, -0.1) is 12.6 Å². The van der Waals surface area contributed by atoms with Crippen molar-refractivity contribution in [1.29, 1.82) is 0 Å². The molecule has 0 saturated heterocycles. The summed E-state index contributed by atoms with van der Waals surface area (Å²) in [6.45, 7) is 0.836. The first-order chi connectivity index (χ1) is 37.1. The van der Waals surface area contributed by atoms with E-state index in [0.29, 0.717) is 0 Å². The number of fused-ring (bicyclic) bond motifs is 1. The number of aromatic nitrogens is 1. The van der Waals surface area contributed by atoms with Crippen molar-refractivity contribution in [3.05, 3.63) is 214 Å². The molecule has 27 heteroatoms. The minimum atomic E-state index is -6.13. The van der Waals surface area contributed by atoms with Gasteiger partial charge >= 0.3 is 49.4 Å². The molecule has 0 saturated carbocycles. The van der Waals surface area contributed by atoms with E-state index < -0.39 is 195 Å². The molecule has 0 N–H and O–H groups in total. The molecule has 1 aromatic heterocycles. The predicted octanol–water partition coefficient (Wildman–Crippen LogP) is 16.3. The van der Waals surface area contributed by atoms with Crippen molar-refractivity contribution < 1.29 is 110 Å². The van der Waals surface area contributed by atoms with E-state index in [9.17, 15) is 105 Å². The topological polar surface area (TPSA) is 3.88 Å². The molecule has 0 aliphatic heterocycles. The van der Waals surface area contributed by atoms with Gasteiger partial charge in [0.2, 0.25) is 5.69 Å². The van der Waals surface area contributed by atoms with Gasteiger partial charge in [-0.2, -0.15) is 132 Å². The van der Waals surface area contributed by atoms with Gasteiger partial charge in [-0.3, -0.25) is 0 Å². The van der Waals surface area contributed by atoms with Crippen molar-refractivity contribution in [2.45, 2.75) is 60.9 Å². The highest BCUT2D eigenvalue weighted by Gasteiger charge is 2.47. The lowest BCUT2D eigenvalue weighted by Crippen LogP contribution is -2.75. The highest BCUT2D eigenvalue weighted by molar-refractivity contribution is 7.80. The molecule has 428 valence electrons. The van der Waals surface area contributed by atoms with Gasteiger partial charge < -0.3 is 0 Å². The number of hydrogen-bond acceptors (Lipinski definition) is 1. The third-order valence-electron chi connectivity index (χ3n) is 12.7. The summed E-state index contributed by atoms with van der Waals surface area (Å²) >= 11 is 4.69. The summed E-state index contributed by atoms with van der Waals surface area (Å²) < 4.78 is 343. The average Bonchev–Trinajstić information content (AvgIpc) is 3.55. The second-order valence-electron chi connectivity index (χ2n) is 18.1. The van der Waals surface area contributed by atoms with E-state index in [0.717, 1.165) is 17.0 Å². The van der Waals surface area contributed by atoms with Crippen LogP contribution < -0.4 is 26.4 Å². The van der Waals surface area contributed by atoms with E-state index in [1.807, 2.05) is 12.1 Å². The van der Waals surface area contributed by atoms with E-state index in [1.165, 1.54) is 22.0 Å². The van der Waals surface area contributed by atoms with Crippen molar-refractivity contribution in [2.24, 2.45) is 0 Å². The normalized spacial score (nSPS) is 13.3. The molecule has 0 atom stereocenters. The van der Waals surface area contributed by atoms with Crippen molar-refractivity contribution in [2.75, 3.05) is 0 Å². The Hall–Kier alpha value is -7.32. The lowest BCUT2D eigenvalue weighted by molar-refractivity contribution is -0.676. The van der Waals surface area contributed by atoms with Crippen molar-refractivity contribution >= 4 is 51.4 Å². The molecule has 81 heavy (non-hydrogen) atoms. The van der Waals surface area contributed by atoms with Crippen LogP contribution in [0.15, 0.2) is 169 Å². The summed E-state index contributed by atoms with van der Waals surface area (Å²) in [6, 6.07) is 20.8. The number of nitrogens with zero attached hydrogens (tertiary/aromatic N) is 1. The standard InChI is InChI=1S/C32H12BF24.C22H17NS/c34-25(35,36)13-1-14(26(37,38)39)6-21(5-13)33(22-7-15(27(40,41)42)2-16(8-22)28(43,44)45,23-9-17(29(46,47)48)3-18(10-23)30(49,50)51)24-11-19(31(52,53)54)4-20(12-24)32(55,56)57;24-21-13-7-6-12-20(21)22-19-11-5-4-10-18(19)14-15-23(22)16-17-8-2-1-3-9-17/h1-12H;1-15H,16H2/q-1;/p+1. The van der Waals surface area contributed by atoms with Gasteiger partial charge in [0.25, 0.3) is 0 Å². The van der Waals surface area contributed by atoms with Crippen LogP contribution in [0.2, 0.25) is 0 Å². The van der Waals surface area contributed by atoms with Crippen molar-refractivity contribution in [3.8, 4) is 11.3 Å². The number of halogens is 24. The molecule has 8 aromatic rings. The lowest BCUT2D eigenvalue weighted by atomic mass is 9.12. The van der Waals surface area contributed by atoms with Crippen LogP contribution in [0.4, 0.5) is 105 Å². The van der Waals surface area contributed by atoms with Gasteiger partial charge in [0.15, 0.2) is 12.7 Å². The van der Waals surface area contributed by atoms with Crippen LogP contribution in [0.25, 0.3) is 22.0 Å². The maximum absolute atomic E-state index is 14.2. The van der Waals surface area contributed by atoms with Gasteiger partial charge in [0.05, 0.1) is 55.5 Å². The molecule has 0 unspecified atom stereocenters. The number of benzene rings is 7. The fourth-order valence-corrected chi connectivity index (χ4v) is 9.48. The van der Waals surface area contributed by atoms with E-state index in [-0.39, 0.29) is 0 Å². The first-order valence-corrected chi connectivity index (χ1v) is 23.1. The van der Waals surface area contributed by atoms with Crippen LogP contribution in [-0.4, -0.2) is 6.15 Å². The summed E-state index contributed by atoms with van der Waals surface area (Å²) in [7, 11) is 0. The molecule has 0 bridgehead atoms. The zero-order valence-corrected chi connectivity index (χ0v) is 40.7. The van der Waals surface area contributed by atoms with Crippen LogP contribution in [-0.2, 0) is 56.0 Å². The average molecular weight is 1190 g/mol. The summed E-state index contributed by atoms with van der Waals surface area (Å²) in [4.78, 5) is 0.996. The molecule has 0 aliphatic rings. The predicted molar refractivity (Wildman–Crippen MR) is 252 cm³/mol. The first kappa shape index (κ1) is 61.3. The lowest BCUT2D eigenvalue weighted by Gasteiger charge is -2.46. The smallest absolute Gasteiger partial charge is 0.194 e. The Bertz CT molecular complexity index is 3150. The third-order valence-corrected chi connectivity index (χ3v) is 13.1. The zero-order valence-electron chi connectivity index (χ0n) is 39.8. The summed E-state index contributed by atoms with van der Waals surface area (Å²) in [6.07, 6.45) is -52.6. The van der Waals surface area contributed by atoms with Crippen molar-refractivity contribution in [3.63, 3.8) is 0 Å². The Balaban J connectivity index is 0.000000323. The Labute approximate surface area is 446 Å². The highest BCUT2D eigenvalue weighted by atomic mass is 32.1. The maximum Gasteiger partial charge on any atom is 0.416 e. The molecule has 0 aliphatic carbocycles. The second-order valence-corrected chi connectivity index (χ2v) is 18.6. The maximum atomic E-state index is 14.2. The molecular weight excluding hydrogens is 1160 g/mol. The van der Waals surface area contributed by atoms with E-state index >= 15 is 0 Å². The zero-order chi connectivity index (χ0) is 60.3. The van der Waals surface area contributed by atoms with E-state index in [1.54, 1.807) is 0 Å². The van der Waals surface area contributed by atoms with E-state index in [2.05, 4.69) is 83.6 Å². The molecular formula is C54H30BF24NS. The summed E-state index contributed by atoms with van der Waals surface area (Å²) in [5.41, 5.74) is -26.5. The van der Waals surface area contributed by atoms with Gasteiger partial charge in [-0.05, 0) is 47.9 Å². The second kappa shape index (κ2) is 21.5. The van der Waals surface area contributed by atoms with E-state index in [4.69, 9.17) is 12.6 Å². The summed E-state index contributed by atoms with van der Waals surface area (Å²) in [5.74, 6) is 0. The van der Waals surface area contributed by atoms with Gasteiger partial charge in [-0.1, -0.05) is 109 Å². The Morgan fingerprint density at radius 1 is 0.321 bits per heavy atom. The van der Waals surface area contributed by atoms with Crippen LogP contribution in [0.1, 0.15) is 50.1 Å². The molecule has 0 fully saturated rings. The van der Waals surface area contributed by atoms with Gasteiger partial charge in [0.1, 0.15) is 6.15 Å². The Morgan fingerprint density at radius 3 is 0.914 bits per heavy atom. The highest BCUT2D eigenvalue weighted by Crippen LogP contribution is 2.42. The molecule has 0 amide bonds. The Kier molecular flexibility index (Phi) is 16.3. The molecule has 0 spiro atoms. The van der Waals surface area contributed by atoms with Crippen LogP contribution in [0.3, 0.4) is 0 Å². The van der Waals surface area contributed by atoms with Crippen molar-refractivity contribution in [1.82, 2.24) is 0 Å². The quantitative estimate of drug-likeness (QED) is 0.0702. The minimum absolute atomic E-state index is 0.691. The van der Waals surface area contributed by atoms with Gasteiger partial charge in [-0.25, -0.2) is 0 Å². The summed E-state index contributed by atoms with van der Waals surface area (Å²) in [5, 5.41) is 2.49. The molecule has 7 aromatic carbocycles. The third kappa shape index (κ3) is 13.6. The SMILES string of the molecule is FC(F)(F)c1cc([B-](c2cc(C(F)(F)F)cc(C(F)(F)F)c2)(c2cc(C(F)(F)F)cc(C(F)(F)F)c2)c2cc(C(F)(F)F)cc(C(F)(F)F)c2)cc(C(F)(F)F)c1.Sc1ccccc1-c1c2ccccc2cc[n+]1Cc1ccccc1.